The molecule has 0 atom stereocenters. The zero-order valence-electron chi connectivity index (χ0n) is 13.9. The van der Waals surface area contributed by atoms with Gasteiger partial charge in [-0.3, -0.25) is 19.3 Å². The van der Waals surface area contributed by atoms with E-state index in [0.717, 1.165) is 18.4 Å². The SMILES string of the molecule is O=C(NCCn1nc(-c2cccnc2)n(C2CC2)c1=O)c1cnccn1. The monoisotopic (exact) mass is 351 g/mol. The third kappa shape index (κ3) is 3.23. The summed E-state index contributed by atoms with van der Waals surface area (Å²) in [6.07, 6.45) is 9.68. The van der Waals surface area contributed by atoms with Gasteiger partial charge in [0.05, 0.1) is 12.7 Å². The lowest BCUT2D eigenvalue weighted by molar-refractivity contribution is 0.0946. The molecular weight excluding hydrogens is 334 g/mol. The average Bonchev–Trinajstić information content (AvgIpc) is 3.47. The van der Waals surface area contributed by atoms with Crippen LogP contribution in [0.25, 0.3) is 11.4 Å². The molecule has 3 heterocycles. The van der Waals surface area contributed by atoms with E-state index < -0.39 is 0 Å². The van der Waals surface area contributed by atoms with Crippen molar-refractivity contribution >= 4 is 5.91 Å². The molecule has 3 aromatic heterocycles. The van der Waals surface area contributed by atoms with Crippen LogP contribution >= 0.6 is 0 Å². The molecule has 26 heavy (non-hydrogen) atoms. The number of hydrogen-bond donors (Lipinski definition) is 1. The third-order valence-electron chi connectivity index (χ3n) is 4.11. The average molecular weight is 351 g/mol. The van der Waals surface area contributed by atoms with E-state index in [1.165, 1.54) is 23.3 Å². The molecular formula is C17H17N7O2. The molecule has 3 aromatic rings. The fourth-order valence-electron chi connectivity index (χ4n) is 2.70. The van der Waals surface area contributed by atoms with Gasteiger partial charge in [-0.05, 0) is 25.0 Å². The number of amides is 1. The van der Waals surface area contributed by atoms with Crippen LogP contribution in [0.2, 0.25) is 0 Å². The van der Waals surface area contributed by atoms with Crippen molar-refractivity contribution in [2.45, 2.75) is 25.4 Å². The molecule has 4 rings (SSSR count). The zero-order chi connectivity index (χ0) is 17.9. The van der Waals surface area contributed by atoms with Crippen molar-refractivity contribution in [3.8, 4) is 11.4 Å². The molecule has 0 radical (unpaired) electrons. The quantitative estimate of drug-likeness (QED) is 0.699. The highest BCUT2D eigenvalue weighted by molar-refractivity contribution is 5.91. The Hall–Kier alpha value is -3.36. The van der Waals surface area contributed by atoms with Crippen LogP contribution in [0.3, 0.4) is 0 Å². The second kappa shape index (κ2) is 6.87. The van der Waals surface area contributed by atoms with Gasteiger partial charge in [-0.25, -0.2) is 14.5 Å². The van der Waals surface area contributed by atoms with E-state index in [4.69, 9.17) is 0 Å². The predicted octanol–water partition coefficient (Wildman–Crippen LogP) is 0.662. The number of pyridine rings is 1. The summed E-state index contributed by atoms with van der Waals surface area (Å²) in [5.74, 6) is 0.283. The van der Waals surface area contributed by atoms with Gasteiger partial charge < -0.3 is 5.32 Å². The third-order valence-corrected chi connectivity index (χ3v) is 4.11. The maximum Gasteiger partial charge on any atom is 0.346 e. The number of carbonyl (C=O) groups excluding carboxylic acids is 1. The van der Waals surface area contributed by atoms with Crippen LogP contribution in [0.4, 0.5) is 0 Å². The molecule has 0 spiro atoms. The van der Waals surface area contributed by atoms with E-state index in [9.17, 15) is 9.59 Å². The van der Waals surface area contributed by atoms with Gasteiger partial charge in [-0.15, -0.1) is 5.10 Å². The highest BCUT2D eigenvalue weighted by Gasteiger charge is 2.30. The topological polar surface area (TPSA) is 108 Å². The molecule has 0 bridgehead atoms. The Labute approximate surface area is 148 Å². The number of rotatable bonds is 6. The van der Waals surface area contributed by atoms with Gasteiger partial charge in [0.1, 0.15) is 5.69 Å². The number of carbonyl (C=O) groups is 1. The lowest BCUT2D eigenvalue weighted by atomic mass is 10.3. The smallest absolute Gasteiger partial charge is 0.346 e. The van der Waals surface area contributed by atoms with Gasteiger partial charge in [0.2, 0.25) is 0 Å². The molecule has 1 amide bonds. The van der Waals surface area contributed by atoms with Gasteiger partial charge in [0, 0.05) is 42.9 Å². The Bertz CT molecular complexity index is 962. The first-order valence-corrected chi connectivity index (χ1v) is 8.38. The number of nitrogens with zero attached hydrogens (tertiary/aromatic N) is 6. The van der Waals surface area contributed by atoms with Gasteiger partial charge in [-0.2, -0.15) is 0 Å². The Morgan fingerprint density at radius 2 is 2.04 bits per heavy atom. The van der Waals surface area contributed by atoms with Crippen LogP contribution in [0.5, 0.6) is 0 Å². The second-order valence-corrected chi connectivity index (χ2v) is 6.02. The highest BCUT2D eigenvalue weighted by atomic mass is 16.2. The lowest BCUT2D eigenvalue weighted by Gasteiger charge is -2.03. The van der Waals surface area contributed by atoms with Crippen LogP contribution in [0, 0.1) is 0 Å². The van der Waals surface area contributed by atoms with E-state index >= 15 is 0 Å². The van der Waals surface area contributed by atoms with Crippen molar-refractivity contribution in [1.82, 2.24) is 34.6 Å². The minimum absolute atomic E-state index is 0.167. The zero-order valence-corrected chi connectivity index (χ0v) is 13.9. The van der Waals surface area contributed by atoms with Crippen LogP contribution in [-0.2, 0) is 6.54 Å². The largest absolute Gasteiger partial charge is 0.349 e. The molecule has 132 valence electrons. The predicted molar refractivity (Wildman–Crippen MR) is 92.4 cm³/mol. The van der Waals surface area contributed by atoms with Crippen molar-refractivity contribution in [3.05, 3.63) is 59.3 Å². The molecule has 9 nitrogen and oxygen atoms in total. The van der Waals surface area contributed by atoms with Crippen LogP contribution in [0.15, 0.2) is 47.9 Å². The summed E-state index contributed by atoms with van der Waals surface area (Å²) in [5, 5.41) is 7.18. The van der Waals surface area contributed by atoms with Crippen molar-refractivity contribution in [1.29, 1.82) is 0 Å². The molecule has 0 aromatic carbocycles. The Morgan fingerprint density at radius 1 is 1.19 bits per heavy atom. The highest BCUT2D eigenvalue weighted by Crippen LogP contribution is 2.36. The number of hydrogen-bond acceptors (Lipinski definition) is 6. The second-order valence-electron chi connectivity index (χ2n) is 6.02. The van der Waals surface area contributed by atoms with E-state index in [0.29, 0.717) is 5.82 Å². The van der Waals surface area contributed by atoms with Gasteiger partial charge in [-0.1, -0.05) is 0 Å². The Balaban J connectivity index is 1.51. The molecule has 1 saturated carbocycles. The summed E-state index contributed by atoms with van der Waals surface area (Å²) in [5.41, 5.74) is 0.873. The van der Waals surface area contributed by atoms with Gasteiger partial charge >= 0.3 is 5.69 Å². The normalized spacial score (nSPS) is 13.5. The maximum absolute atomic E-state index is 12.7. The Morgan fingerprint density at radius 3 is 2.73 bits per heavy atom. The summed E-state index contributed by atoms with van der Waals surface area (Å²) in [6.45, 7) is 0.543. The summed E-state index contributed by atoms with van der Waals surface area (Å²) < 4.78 is 3.11. The first-order valence-electron chi connectivity index (χ1n) is 8.38. The minimum atomic E-state index is -0.333. The van der Waals surface area contributed by atoms with Gasteiger partial charge in [0.15, 0.2) is 5.82 Å². The van der Waals surface area contributed by atoms with Crippen LogP contribution < -0.4 is 11.0 Å². The fourth-order valence-corrected chi connectivity index (χ4v) is 2.70. The maximum atomic E-state index is 12.7. The molecule has 0 saturated heterocycles. The van der Waals surface area contributed by atoms with Crippen molar-refractivity contribution in [2.75, 3.05) is 6.54 Å². The van der Waals surface area contributed by atoms with Crippen LogP contribution in [0.1, 0.15) is 29.4 Å². The van der Waals surface area contributed by atoms with Crippen molar-refractivity contribution in [3.63, 3.8) is 0 Å². The fraction of sp³-hybridized carbons (Fsp3) is 0.294. The molecule has 0 unspecified atom stereocenters. The molecule has 1 aliphatic rings. The molecule has 0 aliphatic heterocycles. The molecule has 1 N–H and O–H groups in total. The number of nitrogens with one attached hydrogen (secondary N) is 1. The molecule has 1 fully saturated rings. The number of aromatic nitrogens is 6. The first-order chi connectivity index (χ1) is 12.7. The van der Waals surface area contributed by atoms with E-state index in [1.54, 1.807) is 17.0 Å². The summed E-state index contributed by atoms with van der Waals surface area (Å²) >= 11 is 0. The Kier molecular flexibility index (Phi) is 4.26. The van der Waals surface area contributed by atoms with Crippen molar-refractivity contribution < 1.29 is 4.79 Å². The van der Waals surface area contributed by atoms with E-state index in [1.807, 2.05) is 12.1 Å². The standard InChI is InChI=1S/C17H17N7O2/c25-16(14-11-19-6-7-20-14)21-8-9-23-17(26)24(13-3-4-13)15(22-23)12-2-1-5-18-10-12/h1-2,5-7,10-11,13H,3-4,8-9H2,(H,21,25). The summed E-state index contributed by atoms with van der Waals surface area (Å²) in [4.78, 5) is 36.6. The van der Waals surface area contributed by atoms with Gasteiger partial charge in [0.25, 0.3) is 5.91 Å². The minimum Gasteiger partial charge on any atom is -0.349 e. The first kappa shape index (κ1) is 16.1. The van der Waals surface area contributed by atoms with Crippen molar-refractivity contribution in [2.24, 2.45) is 0 Å². The van der Waals surface area contributed by atoms with E-state index in [2.05, 4.69) is 25.4 Å². The molecule has 1 aliphatic carbocycles. The van der Waals surface area contributed by atoms with E-state index in [-0.39, 0.29) is 36.4 Å². The van der Waals surface area contributed by atoms with Crippen LogP contribution in [-0.4, -0.2) is 41.8 Å². The summed E-state index contributed by atoms with van der Waals surface area (Å²) in [6, 6.07) is 3.89. The lowest BCUT2D eigenvalue weighted by Crippen LogP contribution is -2.32. The molecule has 9 heteroatoms. The summed E-state index contributed by atoms with van der Waals surface area (Å²) in [7, 11) is 0.